The van der Waals surface area contributed by atoms with E-state index in [2.05, 4.69) is 159 Å². The van der Waals surface area contributed by atoms with E-state index < -0.39 is 0 Å². The lowest BCUT2D eigenvalue weighted by Crippen LogP contribution is -1.91. The molecular formula is C44H36N4. The number of nitrogens with one attached hydrogen (secondary N) is 2. The maximum atomic E-state index is 5.36. The van der Waals surface area contributed by atoms with Gasteiger partial charge in [-0.2, -0.15) is 0 Å². The average Bonchev–Trinajstić information content (AvgIpc) is 3.93. The number of fused-ring (bicyclic) bond motifs is 8. The van der Waals surface area contributed by atoms with Crippen molar-refractivity contribution in [2.75, 3.05) is 0 Å². The third-order valence-electron chi connectivity index (χ3n) is 9.23. The molecule has 8 bridgehead atoms. The van der Waals surface area contributed by atoms with E-state index in [0.29, 0.717) is 6.42 Å². The summed E-state index contributed by atoms with van der Waals surface area (Å²) in [6, 6.07) is 34.7. The normalized spacial score (nSPS) is 12.1. The first-order valence-electron chi connectivity index (χ1n) is 16.4. The molecule has 0 atom stereocenters. The summed E-state index contributed by atoms with van der Waals surface area (Å²) in [6.07, 6.45) is 11.2. The maximum Gasteiger partial charge on any atom is 0.0737 e. The van der Waals surface area contributed by atoms with E-state index in [1.54, 1.807) is 0 Å². The standard InChI is InChI=1S/C44H36N4/c1-5-6-33-34-19-21-36(45-34)42(30-13-7-27(2)8-14-30)38-23-25-40(47-38)44(32-17-11-29(4)12-18-32)41-26-24-39(48-41)43(37-22-20-35(33)46-37)31-15-9-28(3)10-16-31/h5,7-26,45,48H,1,6H2,2-4H3. The van der Waals surface area contributed by atoms with Crippen molar-refractivity contribution < 1.29 is 0 Å². The smallest absolute Gasteiger partial charge is 0.0737 e. The highest BCUT2D eigenvalue weighted by molar-refractivity contribution is 5.97. The van der Waals surface area contributed by atoms with E-state index in [0.717, 1.165) is 83.8 Å². The number of aromatic amines is 2. The highest BCUT2D eigenvalue weighted by Crippen LogP contribution is 2.37. The van der Waals surface area contributed by atoms with E-state index in [9.17, 15) is 0 Å². The number of hydrogen-bond donors (Lipinski definition) is 2. The lowest BCUT2D eigenvalue weighted by atomic mass is 10.0. The molecule has 0 saturated carbocycles. The Hall–Kier alpha value is -6.00. The van der Waals surface area contributed by atoms with Gasteiger partial charge in [-0.3, -0.25) is 0 Å². The molecule has 232 valence electrons. The Morgan fingerprint density at radius 2 is 0.792 bits per heavy atom. The van der Waals surface area contributed by atoms with Crippen molar-refractivity contribution in [2.24, 2.45) is 0 Å². The van der Waals surface area contributed by atoms with Crippen molar-refractivity contribution in [3.8, 4) is 33.4 Å². The lowest BCUT2D eigenvalue weighted by Gasteiger charge is -2.07. The fourth-order valence-electron chi connectivity index (χ4n) is 6.70. The molecule has 0 unspecified atom stereocenters. The zero-order chi connectivity index (χ0) is 32.8. The quantitative estimate of drug-likeness (QED) is 0.188. The molecule has 3 aromatic heterocycles. The number of H-pyrrole nitrogens is 2. The summed E-state index contributed by atoms with van der Waals surface area (Å²) < 4.78 is 0. The predicted molar refractivity (Wildman–Crippen MR) is 203 cm³/mol. The van der Waals surface area contributed by atoms with Crippen LogP contribution >= 0.6 is 0 Å². The van der Waals surface area contributed by atoms with E-state index in [1.165, 1.54) is 16.7 Å². The van der Waals surface area contributed by atoms with Gasteiger partial charge in [0.2, 0.25) is 0 Å². The van der Waals surface area contributed by atoms with Gasteiger partial charge in [-0.1, -0.05) is 95.6 Å². The molecule has 2 aliphatic heterocycles. The summed E-state index contributed by atoms with van der Waals surface area (Å²) in [5, 5.41) is 0. The monoisotopic (exact) mass is 620 g/mol. The lowest BCUT2D eigenvalue weighted by molar-refractivity contribution is 1.20. The molecule has 0 saturated heterocycles. The predicted octanol–water partition coefficient (Wildman–Crippen LogP) is 11.3. The SMILES string of the molecule is C=CCc1c2nc(c(-c3ccc(C)cc3)c3ccc([nH]3)c(-c3ccc(C)cc3)c3nc(c(-c4ccc(C)cc4)c4ccc1[nH]4)C=C3)C=C2. The van der Waals surface area contributed by atoms with Gasteiger partial charge in [0.05, 0.1) is 22.8 Å². The first-order valence-corrected chi connectivity index (χ1v) is 16.4. The van der Waals surface area contributed by atoms with Crippen LogP contribution in [0.25, 0.3) is 79.8 Å². The van der Waals surface area contributed by atoms with E-state index in [4.69, 9.17) is 9.97 Å². The van der Waals surface area contributed by atoms with Gasteiger partial charge in [0.25, 0.3) is 0 Å². The molecule has 0 radical (unpaired) electrons. The second kappa shape index (κ2) is 12.0. The molecular weight excluding hydrogens is 585 g/mol. The van der Waals surface area contributed by atoms with Crippen molar-refractivity contribution in [3.05, 3.63) is 155 Å². The second-order valence-corrected chi connectivity index (χ2v) is 12.7. The molecule has 0 amide bonds. The number of rotatable bonds is 5. The summed E-state index contributed by atoms with van der Waals surface area (Å²) in [6.45, 7) is 10.4. The van der Waals surface area contributed by atoms with Crippen LogP contribution in [0, 0.1) is 20.8 Å². The van der Waals surface area contributed by atoms with Gasteiger partial charge in [-0.15, -0.1) is 6.58 Å². The summed E-state index contributed by atoms with van der Waals surface area (Å²) >= 11 is 0. The van der Waals surface area contributed by atoms with Gasteiger partial charge < -0.3 is 9.97 Å². The van der Waals surface area contributed by atoms with Gasteiger partial charge in [0.1, 0.15) is 0 Å². The number of benzene rings is 3. The summed E-state index contributed by atoms with van der Waals surface area (Å²) in [5.41, 5.74) is 18.9. The van der Waals surface area contributed by atoms with Crippen molar-refractivity contribution in [3.63, 3.8) is 0 Å². The van der Waals surface area contributed by atoms with Crippen molar-refractivity contribution in [1.29, 1.82) is 0 Å². The molecule has 0 fully saturated rings. The van der Waals surface area contributed by atoms with E-state index in [-0.39, 0.29) is 0 Å². The molecule has 48 heavy (non-hydrogen) atoms. The van der Waals surface area contributed by atoms with Crippen molar-refractivity contribution in [1.82, 2.24) is 19.9 Å². The zero-order valence-corrected chi connectivity index (χ0v) is 27.4. The first-order chi connectivity index (χ1) is 23.4. The topological polar surface area (TPSA) is 57.4 Å². The molecule has 5 heterocycles. The summed E-state index contributed by atoms with van der Waals surface area (Å²) in [5.74, 6) is 0. The highest BCUT2D eigenvalue weighted by atomic mass is 14.8. The molecule has 0 aliphatic carbocycles. The third-order valence-corrected chi connectivity index (χ3v) is 9.23. The van der Waals surface area contributed by atoms with Crippen LogP contribution in [0.4, 0.5) is 0 Å². The molecule has 2 N–H and O–H groups in total. The van der Waals surface area contributed by atoms with E-state index >= 15 is 0 Å². The van der Waals surface area contributed by atoms with Crippen LogP contribution in [0.1, 0.15) is 45.0 Å². The number of aromatic nitrogens is 4. The molecule has 8 rings (SSSR count). The highest BCUT2D eigenvalue weighted by Gasteiger charge is 2.18. The minimum absolute atomic E-state index is 0.677. The molecule has 2 aliphatic rings. The number of nitrogens with zero attached hydrogens (tertiary/aromatic N) is 2. The first kappa shape index (κ1) is 29.4. The van der Waals surface area contributed by atoms with Crippen LogP contribution in [0.15, 0.2) is 110 Å². The summed E-state index contributed by atoms with van der Waals surface area (Å²) in [7, 11) is 0. The van der Waals surface area contributed by atoms with E-state index in [1.807, 2.05) is 6.08 Å². The Bertz CT molecular complexity index is 2390. The molecule has 0 spiro atoms. The zero-order valence-electron chi connectivity index (χ0n) is 27.4. The van der Waals surface area contributed by atoms with Crippen LogP contribution < -0.4 is 0 Å². The Morgan fingerprint density at radius 1 is 0.458 bits per heavy atom. The van der Waals surface area contributed by atoms with Crippen LogP contribution in [-0.4, -0.2) is 19.9 Å². The maximum absolute atomic E-state index is 5.36. The Kier molecular flexibility index (Phi) is 7.34. The molecule has 4 heteroatoms. The molecule has 3 aromatic carbocycles. The number of allylic oxidation sites excluding steroid dienone is 1. The van der Waals surface area contributed by atoms with Crippen LogP contribution in [-0.2, 0) is 6.42 Å². The molecule has 4 nitrogen and oxygen atoms in total. The number of hydrogen-bond acceptors (Lipinski definition) is 2. The van der Waals surface area contributed by atoms with Gasteiger partial charge >= 0.3 is 0 Å². The Balaban J connectivity index is 1.55. The minimum atomic E-state index is 0.677. The van der Waals surface area contributed by atoms with Crippen molar-refractivity contribution in [2.45, 2.75) is 27.2 Å². The van der Waals surface area contributed by atoms with Crippen LogP contribution in [0.2, 0.25) is 0 Å². The number of aryl methyl sites for hydroxylation is 3. The summed E-state index contributed by atoms with van der Waals surface area (Å²) in [4.78, 5) is 18.2. The Morgan fingerprint density at radius 3 is 1.19 bits per heavy atom. The minimum Gasteiger partial charge on any atom is -0.355 e. The second-order valence-electron chi connectivity index (χ2n) is 12.7. The van der Waals surface area contributed by atoms with Crippen LogP contribution in [0.3, 0.4) is 0 Å². The average molecular weight is 621 g/mol. The van der Waals surface area contributed by atoms with Gasteiger partial charge in [-0.05, 0) is 92.5 Å². The fourth-order valence-corrected chi connectivity index (χ4v) is 6.70. The van der Waals surface area contributed by atoms with Gasteiger partial charge in [0.15, 0.2) is 0 Å². The largest absolute Gasteiger partial charge is 0.355 e. The van der Waals surface area contributed by atoms with Gasteiger partial charge in [-0.25, -0.2) is 9.97 Å². The fraction of sp³-hybridized carbons (Fsp3) is 0.0909. The van der Waals surface area contributed by atoms with Crippen molar-refractivity contribution >= 4 is 46.4 Å². The molecule has 6 aromatic rings. The third kappa shape index (κ3) is 5.31. The van der Waals surface area contributed by atoms with Crippen LogP contribution in [0.5, 0.6) is 0 Å². The van der Waals surface area contributed by atoms with Gasteiger partial charge in [0, 0.05) is 44.3 Å². The Labute approximate surface area is 280 Å².